The Labute approximate surface area is 122 Å². The second-order valence-electron chi connectivity index (χ2n) is 4.53. The number of amides is 2. The van der Waals surface area contributed by atoms with Crippen molar-refractivity contribution in [3.05, 3.63) is 29.8 Å². The van der Waals surface area contributed by atoms with Gasteiger partial charge in [-0.25, -0.2) is 4.79 Å². The summed E-state index contributed by atoms with van der Waals surface area (Å²) in [5.74, 6) is 0.0875. The molecule has 1 unspecified atom stereocenters. The first-order valence-corrected chi connectivity index (χ1v) is 6.49. The fourth-order valence-corrected chi connectivity index (χ4v) is 1.65. The molecule has 1 rings (SSSR count). The number of rotatable bonds is 7. The average molecular weight is 302 g/mol. The largest absolute Gasteiger partial charge is 0.435 e. The number of hydrogen-bond acceptors (Lipinski definition) is 3. The van der Waals surface area contributed by atoms with Gasteiger partial charge in [-0.15, -0.1) is 0 Å². The van der Waals surface area contributed by atoms with E-state index in [0.717, 1.165) is 5.56 Å². The monoisotopic (exact) mass is 302 g/mol. The maximum Gasteiger partial charge on any atom is 0.387 e. The summed E-state index contributed by atoms with van der Waals surface area (Å²) in [7, 11) is 3.23. The number of halogens is 2. The predicted octanol–water partition coefficient (Wildman–Crippen LogP) is 2.64. The predicted molar refractivity (Wildman–Crippen MR) is 74.5 cm³/mol. The molecule has 0 radical (unpaired) electrons. The van der Waals surface area contributed by atoms with Crippen LogP contribution in [0.4, 0.5) is 13.6 Å². The molecule has 0 bridgehead atoms. The number of carbonyl (C=O) groups is 1. The number of ether oxygens (including phenoxy) is 2. The number of carbonyl (C=O) groups excluding carboxylic acids is 1. The topological polar surface area (TPSA) is 50.8 Å². The van der Waals surface area contributed by atoms with Crippen molar-refractivity contribution in [3.8, 4) is 5.75 Å². The van der Waals surface area contributed by atoms with E-state index in [9.17, 15) is 13.6 Å². The van der Waals surface area contributed by atoms with Crippen LogP contribution in [-0.4, -0.2) is 44.9 Å². The molecule has 0 saturated carbocycles. The molecule has 0 spiro atoms. The summed E-state index contributed by atoms with van der Waals surface area (Å²) in [5, 5.41) is 2.81. The molecule has 1 aromatic rings. The highest BCUT2D eigenvalue weighted by Gasteiger charge is 2.13. The zero-order valence-corrected chi connectivity index (χ0v) is 12.3. The third-order valence-corrected chi connectivity index (χ3v) is 2.92. The summed E-state index contributed by atoms with van der Waals surface area (Å²) in [6.07, 6.45) is 0. The molecule has 2 amide bonds. The molecule has 0 aliphatic heterocycles. The van der Waals surface area contributed by atoms with E-state index >= 15 is 0 Å². The molecular weight excluding hydrogens is 282 g/mol. The summed E-state index contributed by atoms with van der Waals surface area (Å²) in [6.45, 7) is -0.0958. The average Bonchev–Trinajstić information content (AvgIpc) is 2.44. The Morgan fingerprint density at radius 2 is 1.95 bits per heavy atom. The van der Waals surface area contributed by atoms with Crippen molar-refractivity contribution < 1.29 is 23.0 Å². The number of alkyl halides is 2. The van der Waals surface area contributed by atoms with E-state index in [0.29, 0.717) is 13.2 Å². The van der Waals surface area contributed by atoms with Crippen molar-refractivity contribution in [2.24, 2.45) is 0 Å². The van der Waals surface area contributed by atoms with Gasteiger partial charge in [0.05, 0.1) is 12.6 Å². The Morgan fingerprint density at radius 3 is 2.48 bits per heavy atom. The highest BCUT2D eigenvalue weighted by molar-refractivity contribution is 5.74. The van der Waals surface area contributed by atoms with Crippen molar-refractivity contribution in [1.29, 1.82) is 0 Å². The van der Waals surface area contributed by atoms with Gasteiger partial charge in [0, 0.05) is 20.7 Å². The fourth-order valence-electron chi connectivity index (χ4n) is 1.65. The third-order valence-electron chi connectivity index (χ3n) is 2.92. The highest BCUT2D eigenvalue weighted by Crippen LogP contribution is 2.19. The number of nitrogens with one attached hydrogen (secondary N) is 1. The van der Waals surface area contributed by atoms with Gasteiger partial charge in [0.1, 0.15) is 5.75 Å². The SMILES string of the molecule is COCCN(C)C(=O)NC(C)c1ccc(OC(F)F)cc1. The minimum Gasteiger partial charge on any atom is -0.435 e. The van der Waals surface area contributed by atoms with Crippen LogP contribution in [0.5, 0.6) is 5.75 Å². The standard InChI is InChI=1S/C14H20F2N2O3/c1-10(17-14(19)18(2)8-9-20-3)11-4-6-12(7-5-11)21-13(15)16/h4-7,10,13H,8-9H2,1-3H3,(H,17,19). The molecule has 1 aromatic carbocycles. The van der Waals surface area contributed by atoms with E-state index in [2.05, 4.69) is 10.1 Å². The maximum absolute atomic E-state index is 12.0. The van der Waals surface area contributed by atoms with Gasteiger partial charge >= 0.3 is 12.6 Å². The molecule has 1 atom stereocenters. The smallest absolute Gasteiger partial charge is 0.387 e. The lowest BCUT2D eigenvalue weighted by molar-refractivity contribution is -0.0498. The van der Waals surface area contributed by atoms with Crippen LogP contribution in [0.25, 0.3) is 0 Å². The Bertz CT molecular complexity index is 440. The number of hydrogen-bond donors (Lipinski definition) is 1. The van der Waals surface area contributed by atoms with Crippen LogP contribution >= 0.6 is 0 Å². The van der Waals surface area contributed by atoms with Crippen molar-refractivity contribution in [1.82, 2.24) is 10.2 Å². The summed E-state index contributed by atoms with van der Waals surface area (Å²) < 4.78 is 33.3. The first-order valence-electron chi connectivity index (χ1n) is 6.49. The van der Waals surface area contributed by atoms with Crippen molar-refractivity contribution in [2.75, 3.05) is 27.3 Å². The van der Waals surface area contributed by atoms with Gasteiger partial charge in [0.25, 0.3) is 0 Å². The van der Waals surface area contributed by atoms with Gasteiger partial charge < -0.3 is 19.7 Å². The normalized spacial score (nSPS) is 12.1. The third kappa shape index (κ3) is 5.95. The summed E-state index contributed by atoms with van der Waals surface area (Å²) in [5.41, 5.74) is 0.796. The molecule has 0 saturated heterocycles. The quantitative estimate of drug-likeness (QED) is 0.842. The van der Waals surface area contributed by atoms with Gasteiger partial charge in [0.2, 0.25) is 0 Å². The van der Waals surface area contributed by atoms with Crippen LogP contribution in [0.2, 0.25) is 0 Å². The molecule has 0 aliphatic rings. The molecule has 0 fully saturated rings. The van der Waals surface area contributed by atoms with Crippen LogP contribution in [0.1, 0.15) is 18.5 Å². The minimum atomic E-state index is -2.84. The van der Waals surface area contributed by atoms with E-state index < -0.39 is 6.61 Å². The van der Waals surface area contributed by atoms with Crippen LogP contribution in [0.15, 0.2) is 24.3 Å². The summed E-state index contributed by atoms with van der Waals surface area (Å²) in [4.78, 5) is 13.4. The van der Waals surface area contributed by atoms with Gasteiger partial charge in [-0.3, -0.25) is 0 Å². The van der Waals surface area contributed by atoms with Gasteiger partial charge in [-0.2, -0.15) is 8.78 Å². The summed E-state index contributed by atoms with van der Waals surface area (Å²) in [6, 6.07) is 5.68. The Kier molecular flexibility index (Phi) is 6.87. The van der Waals surface area contributed by atoms with Crippen molar-refractivity contribution in [2.45, 2.75) is 19.6 Å². The van der Waals surface area contributed by atoms with Gasteiger partial charge in [-0.1, -0.05) is 12.1 Å². The minimum absolute atomic E-state index is 0.0875. The second kappa shape index (κ2) is 8.41. The van der Waals surface area contributed by atoms with Crippen LogP contribution in [-0.2, 0) is 4.74 Å². The number of likely N-dealkylation sites (N-methyl/N-ethyl adjacent to an activating group) is 1. The first-order chi connectivity index (χ1) is 9.93. The number of benzene rings is 1. The molecule has 0 aromatic heterocycles. The van der Waals surface area contributed by atoms with Crippen molar-refractivity contribution >= 4 is 6.03 Å². The lowest BCUT2D eigenvalue weighted by atomic mass is 10.1. The lowest BCUT2D eigenvalue weighted by Gasteiger charge is -2.21. The molecular formula is C14H20F2N2O3. The molecule has 0 aliphatic carbocycles. The molecule has 0 heterocycles. The first kappa shape index (κ1) is 17.2. The maximum atomic E-state index is 12.0. The summed E-state index contributed by atoms with van der Waals surface area (Å²) >= 11 is 0. The Morgan fingerprint density at radius 1 is 1.33 bits per heavy atom. The van der Waals surface area contributed by atoms with E-state index in [4.69, 9.17) is 4.74 Å². The van der Waals surface area contributed by atoms with Gasteiger partial charge in [0.15, 0.2) is 0 Å². The zero-order chi connectivity index (χ0) is 15.8. The number of urea groups is 1. The lowest BCUT2D eigenvalue weighted by Crippen LogP contribution is -2.40. The molecule has 21 heavy (non-hydrogen) atoms. The van der Waals surface area contributed by atoms with Crippen molar-refractivity contribution in [3.63, 3.8) is 0 Å². The highest BCUT2D eigenvalue weighted by atomic mass is 19.3. The van der Waals surface area contributed by atoms with Crippen LogP contribution in [0.3, 0.4) is 0 Å². The number of nitrogens with zero attached hydrogens (tertiary/aromatic N) is 1. The molecule has 118 valence electrons. The zero-order valence-electron chi connectivity index (χ0n) is 12.3. The van der Waals surface area contributed by atoms with Gasteiger partial charge in [-0.05, 0) is 24.6 Å². The second-order valence-corrected chi connectivity index (χ2v) is 4.53. The Hall–Kier alpha value is -1.89. The Balaban J connectivity index is 2.54. The van der Waals surface area contributed by atoms with E-state index in [1.54, 1.807) is 26.3 Å². The fraction of sp³-hybridized carbons (Fsp3) is 0.500. The van der Waals surface area contributed by atoms with E-state index in [-0.39, 0.29) is 17.8 Å². The molecule has 5 nitrogen and oxygen atoms in total. The van der Waals surface area contributed by atoms with Crippen LogP contribution < -0.4 is 10.1 Å². The molecule has 7 heteroatoms. The van der Waals surface area contributed by atoms with E-state index in [1.165, 1.54) is 17.0 Å². The van der Waals surface area contributed by atoms with E-state index in [1.807, 2.05) is 6.92 Å². The number of methoxy groups -OCH3 is 1. The molecule has 1 N–H and O–H groups in total. The van der Waals surface area contributed by atoms with Crippen LogP contribution in [0, 0.1) is 0 Å².